The number of carboxylic acid groups (broad SMARTS) is 1. The highest BCUT2D eigenvalue weighted by molar-refractivity contribution is 5.67. The molecule has 0 bridgehead atoms. The molecule has 0 spiro atoms. The molecule has 2 rings (SSSR count). The van der Waals surface area contributed by atoms with Gasteiger partial charge in [0.05, 0.1) is 6.42 Å². The Morgan fingerprint density at radius 3 is 2.67 bits per heavy atom. The van der Waals surface area contributed by atoms with E-state index in [0.29, 0.717) is 18.4 Å². The van der Waals surface area contributed by atoms with Gasteiger partial charge in [0.15, 0.2) is 0 Å². The van der Waals surface area contributed by atoms with E-state index >= 15 is 0 Å². The van der Waals surface area contributed by atoms with Crippen LogP contribution in [0, 0.1) is 5.92 Å². The maximum Gasteiger partial charge on any atom is 0.303 e. The van der Waals surface area contributed by atoms with Gasteiger partial charge in [-0.2, -0.15) is 0 Å². The maximum absolute atomic E-state index is 10.6. The second-order valence-electron chi connectivity index (χ2n) is 5.29. The van der Waals surface area contributed by atoms with E-state index in [1.165, 1.54) is 5.56 Å². The number of carboxylic acids is 1. The molecule has 3 heteroatoms. The Morgan fingerprint density at radius 1 is 1.39 bits per heavy atom. The van der Waals surface area contributed by atoms with Crippen molar-refractivity contribution in [1.82, 2.24) is 4.90 Å². The first kappa shape index (κ1) is 13.1. The monoisotopic (exact) mass is 247 g/mol. The SMILES string of the molecule is CC(CCc1ccccc1)N1CC(CC(=O)O)C1. The Morgan fingerprint density at radius 2 is 2.06 bits per heavy atom. The van der Waals surface area contributed by atoms with Crippen molar-refractivity contribution in [3.8, 4) is 0 Å². The Labute approximate surface area is 108 Å². The summed E-state index contributed by atoms with van der Waals surface area (Å²) < 4.78 is 0. The van der Waals surface area contributed by atoms with Crippen LogP contribution in [-0.2, 0) is 11.2 Å². The van der Waals surface area contributed by atoms with Gasteiger partial charge in [-0.05, 0) is 31.2 Å². The van der Waals surface area contributed by atoms with Crippen molar-refractivity contribution in [1.29, 1.82) is 0 Å². The minimum absolute atomic E-state index is 0.321. The first-order valence-corrected chi connectivity index (χ1v) is 6.65. The summed E-state index contributed by atoms with van der Waals surface area (Å²) >= 11 is 0. The van der Waals surface area contributed by atoms with Crippen LogP contribution < -0.4 is 0 Å². The highest BCUT2D eigenvalue weighted by Gasteiger charge is 2.31. The first-order valence-electron chi connectivity index (χ1n) is 6.65. The molecule has 0 saturated carbocycles. The fraction of sp³-hybridized carbons (Fsp3) is 0.533. The van der Waals surface area contributed by atoms with Crippen LogP contribution in [0.5, 0.6) is 0 Å². The molecule has 0 amide bonds. The van der Waals surface area contributed by atoms with Gasteiger partial charge < -0.3 is 5.11 Å². The average molecular weight is 247 g/mol. The van der Waals surface area contributed by atoms with E-state index in [-0.39, 0.29) is 0 Å². The van der Waals surface area contributed by atoms with Crippen molar-refractivity contribution in [2.75, 3.05) is 13.1 Å². The Hall–Kier alpha value is -1.35. The van der Waals surface area contributed by atoms with Crippen LogP contribution in [0.25, 0.3) is 0 Å². The first-order chi connectivity index (χ1) is 8.65. The molecule has 98 valence electrons. The number of aryl methyl sites for hydroxylation is 1. The zero-order valence-corrected chi connectivity index (χ0v) is 10.9. The Balaban J connectivity index is 1.68. The molecular weight excluding hydrogens is 226 g/mol. The van der Waals surface area contributed by atoms with E-state index in [1.807, 2.05) is 6.07 Å². The third-order valence-corrected chi connectivity index (χ3v) is 3.77. The molecule has 1 aliphatic rings. The number of rotatable bonds is 6. The molecule has 1 aliphatic heterocycles. The summed E-state index contributed by atoms with van der Waals surface area (Å²) in [4.78, 5) is 13.0. The lowest BCUT2D eigenvalue weighted by molar-refractivity contribution is -0.139. The van der Waals surface area contributed by atoms with Gasteiger partial charge in [0.1, 0.15) is 0 Å². The van der Waals surface area contributed by atoms with E-state index in [4.69, 9.17) is 5.11 Å². The van der Waals surface area contributed by atoms with E-state index in [9.17, 15) is 4.79 Å². The summed E-state index contributed by atoms with van der Waals surface area (Å²) in [6.07, 6.45) is 2.56. The predicted octanol–water partition coefficient (Wildman–Crippen LogP) is 2.41. The Kier molecular flexibility index (Phi) is 4.37. The lowest BCUT2D eigenvalue weighted by Crippen LogP contribution is -2.51. The third-order valence-electron chi connectivity index (χ3n) is 3.77. The number of likely N-dealkylation sites (tertiary alicyclic amines) is 1. The zero-order valence-electron chi connectivity index (χ0n) is 10.9. The van der Waals surface area contributed by atoms with Gasteiger partial charge in [0.2, 0.25) is 0 Å². The average Bonchev–Trinajstić information content (AvgIpc) is 2.31. The van der Waals surface area contributed by atoms with Gasteiger partial charge in [0.25, 0.3) is 0 Å². The molecule has 3 nitrogen and oxygen atoms in total. The molecule has 1 heterocycles. The molecule has 18 heavy (non-hydrogen) atoms. The second kappa shape index (κ2) is 6.01. The van der Waals surface area contributed by atoms with Crippen LogP contribution in [0.1, 0.15) is 25.3 Å². The molecular formula is C15H21NO2. The van der Waals surface area contributed by atoms with Crippen LogP contribution in [-0.4, -0.2) is 35.1 Å². The maximum atomic E-state index is 10.6. The Bertz CT molecular complexity index is 385. The third kappa shape index (κ3) is 3.57. The molecule has 0 radical (unpaired) electrons. The van der Waals surface area contributed by atoms with Gasteiger partial charge >= 0.3 is 5.97 Å². The fourth-order valence-corrected chi connectivity index (χ4v) is 2.55. The second-order valence-corrected chi connectivity index (χ2v) is 5.29. The van der Waals surface area contributed by atoms with Crippen LogP contribution in [0.2, 0.25) is 0 Å². The smallest absolute Gasteiger partial charge is 0.303 e. The molecule has 1 aromatic rings. The normalized spacial score (nSPS) is 18.3. The van der Waals surface area contributed by atoms with E-state index in [0.717, 1.165) is 25.9 Å². The number of nitrogens with zero attached hydrogens (tertiary/aromatic N) is 1. The molecule has 1 atom stereocenters. The van der Waals surface area contributed by atoms with Crippen molar-refractivity contribution in [3.05, 3.63) is 35.9 Å². The minimum atomic E-state index is -0.670. The predicted molar refractivity (Wildman–Crippen MR) is 71.5 cm³/mol. The largest absolute Gasteiger partial charge is 0.481 e. The minimum Gasteiger partial charge on any atom is -0.481 e. The number of carbonyl (C=O) groups is 1. The lowest BCUT2D eigenvalue weighted by Gasteiger charge is -2.42. The number of benzene rings is 1. The van der Waals surface area contributed by atoms with Crippen LogP contribution in [0.3, 0.4) is 0 Å². The topological polar surface area (TPSA) is 40.5 Å². The molecule has 0 aromatic heterocycles. The van der Waals surface area contributed by atoms with Crippen LogP contribution in [0.15, 0.2) is 30.3 Å². The van der Waals surface area contributed by atoms with Crippen LogP contribution >= 0.6 is 0 Å². The summed E-state index contributed by atoms with van der Waals surface area (Å²) in [6.45, 7) is 4.13. The molecule has 1 saturated heterocycles. The van der Waals surface area contributed by atoms with E-state index < -0.39 is 5.97 Å². The van der Waals surface area contributed by atoms with Crippen molar-refractivity contribution >= 4 is 5.97 Å². The molecule has 1 N–H and O–H groups in total. The van der Waals surface area contributed by atoms with Crippen molar-refractivity contribution < 1.29 is 9.90 Å². The quantitative estimate of drug-likeness (QED) is 0.839. The van der Waals surface area contributed by atoms with Gasteiger partial charge in [-0.15, -0.1) is 0 Å². The molecule has 1 fully saturated rings. The summed E-state index contributed by atoms with van der Waals surface area (Å²) in [7, 11) is 0. The van der Waals surface area contributed by atoms with Crippen molar-refractivity contribution in [2.45, 2.75) is 32.2 Å². The van der Waals surface area contributed by atoms with Gasteiger partial charge in [-0.3, -0.25) is 9.69 Å². The van der Waals surface area contributed by atoms with E-state index in [1.54, 1.807) is 0 Å². The molecule has 0 aliphatic carbocycles. The van der Waals surface area contributed by atoms with Crippen molar-refractivity contribution in [3.63, 3.8) is 0 Å². The zero-order chi connectivity index (χ0) is 13.0. The van der Waals surface area contributed by atoms with Gasteiger partial charge in [-0.1, -0.05) is 30.3 Å². The molecule has 1 unspecified atom stereocenters. The molecule has 1 aromatic carbocycles. The number of hydrogen-bond acceptors (Lipinski definition) is 2. The highest BCUT2D eigenvalue weighted by atomic mass is 16.4. The number of hydrogen-bond donors (Lipinski definition) is 1. The van der Waals surface area contributed by atoms with E-state index in [2.05, 4.69) is 36.1 Å². The number of aliphatic carboxylic acids is 1. The van der Waals surface area contributed by atoms with Gasteiger partial charge in [-0.25, -0.2) is 0 Å². The summed E-state index contributed by atoms with van der Waals surface area (Å²) in [5, 5.41) is 8.71. The fourth-order valence-electron chi connectivity index (χ4n) is 2.55. The lowest BCUT2D eigenvalue weighted by atomic mass is 9.93. The van der Waals surface area contributed by atoms with Crippen LogP contribution in [0.4, 0.5) is 0 Å². The standard InChI is InChI=1S/C15H21NO2/c1-12(7-8-13-5-3-2-4-6-13)16-10-14(11-16)9-15(17)18/h2-6,12,14H,7-11H2,1H3,(H,17,18). The summed E-state index contributed by atoms with van der Waals surface area (Å²) in [5.74, 6) is -0.307. The van der Waals surface area contributed by atoms with Crippen molar-refractivity contribution in [2.24, 2.45) is 5.92 Å². The van der Waals surface area contributed by atoms with Gasteiger partial charge in [0, 0.05) is 19.1 Å². The summed E-state index contributed by atoms with van der Waals surface area (Å²) in [6, 6.07) is 11.1. The summed E-state index contributed by atoms with van der Waals surface area (Å²) in [5.41, 5.74) is 1.38. The highest BCUT2D eigenvalue weighted by Crippen LogP contribution is 2.23.